The van der Waals surface area contributed by atoms with Crippen molar-refractivity contribution in [1.82, 2.24) is 4.90 Å². The van der Waals surface area contributed by atoms with Crippen LogP contribution in [0.25, 0.3) is 0 Å². The molecule has 1 aromatic carbocycles. The van der Waals surface area contributed by atoms with E-state index in [0.29, 0.717) is 5.75 Å². The smallest absolute Gasteiger partial charge is 0.414 e. The molecule has 3 atom stereocenters. The van der Waals surface area contributed by atoms with Crippen molar-refractivity contribution in [1.29, 1.82) is 0 Å². The Morgan fingerprint density at radius 2 is 1.91 bits per heavy atom. The van der Waals surface area contributed by atoms with Crippen LogP contribution in [0.15, 0.2) is 24.3 Å². The fourth-order valence-electron chi connectivity index (χ4n) is 2.68. The van der Waals surface area contributed by atoms with Gasteiger partial charge in [-0.1, -0.05) is 12.1 Å². The van der Waals surface area contributed by atoms with Crippen LogP contribution in [0.2, 0.25) is 0 Å². The lowest BCUT2D eigenvalue weighted by molar-refractivity contribution is -0.218. The third-order valence-corrected chi connectivity index (χ3v) is 4.04. The van der Waals surface area contributed by atoms with Gasteiger partial charge < -0.3 is 14.7 Å². The summed E-state index contributed by atoms with van der Waals surface area (Å²) in [6.45, 7) is 1.65. The Balaban J connectivity index is 2.10. The summed E-state index contributed by atoms with van der Waals surface area (Å²) >= 11 is 0. The average Bonchev–Trinajstić information content (AvgIpc) is 2.86. The number of hydrogen-bond donors (Lipinski definition) is 1. The normalized spacial score (nSPS) is 21.8. The van der Waals surface area contributed by atoms with Crippen LogP contribution < -0.4 is 4.74 Å². The standard InChI is InChI=1S/C15H18F3NO3/c1-9(10-3-5-12(22-2)6-4-10)19-8-11(7-13(19)20)14(21)15(16,17)18/h3-6,9,11,14,21H,7-8H2,1-2H3/t9-,11?,14+/m1/s1. The van der Waals surface area contributed by atoms with Gasteiger partial charge in [-0.3, -0.25) is 4.79 Å². The predicted octanol–water partition coefficient (Wildman–Crippen LogP) is 2.53. The number of aliphatic hydroxyl groups excluding tert-OH is 1. The molecule has 1 saturated heterocycles. The molecule has 1 aromatic rings. The van der Waals surface area contributed by atoms with Crippen LogP contribution >= 0.6 is 0 Å². The zero-order chi connectivity index (χ0) is 16.5. The number of likely N-dealkylation sites (tertiary alicyclic amines) is 1. The van der Waals surface area contributed by atoms with E-state index in [1.54, 1.807) is 31.2 Å². The number of carbonyl (C=O) groups is 1. The molecule has 0 bridgehead atoms. The Bertz CT molecular complexity index is 530. The maximum absolute atomic E-state index is 12.6. The van der Waals surface area contributed by atoms with Crippen molar-refractivity contribution < 1.29 is 27.8 Å². The SMILES string of the molecule is COc1ccc([C@@H](C)N2CC([C@H](O)C(F)(F)F)CC2=O)cc1. The molecule has 1 fully saturated rings. The lowest BCUT2D eigenvalue weighted by atomic mass is 10.0. The largest absolute Gasteiger partial charge is 0.497 e. The van der Waals surface area contributed by atoms with Crippen LogP contribution in [0.5, 0.6) is 5.75 Å². The minimum atomic E-state index is -4.70. The summed E-state index contributed by atoms with van der Waals surface area (Å²) in [4.78, 5) is 13.4. The summed E-state index contributed by atoms with van der Waals surface area (Å²) in [7, 11) is 1.53. The van der Waals surface area contributed by atoms with E-state index in [1.807, 2.05) is 0 Å². The average molecular weight is 317 g/mol. The van der Waals surface area contributed by atoms with E-state index < -0.39 is 18.2 Å². The van der Waals surface area contributed by atoms with Gasteiger partial charge in [0.15, 0.2) is 6.10 Å². The monoisotopic (exact) mass is 317 g/mol. The molecule has 122 valence electrons. The van der Waals surface area contributed by atoms with Crippen molar-refractivity contribution in [2.75, 3.05) is 13.7 Å². The maximum Gasteiger partial charge on any atom is 0.414 e. The Morgan fingerprint density at radius 1 is 1.32 bits per heavy atom. The van der Waals surface area contributed by atoms with Gasteiger partial charge in [-0.2, -0.15) is 13.2 Å². The summed E-state index contributed by atoms with van der Waals surface area (Å²) in [5.74, 6) is -0.834. The van der Waals surface area contributed by atoms with Crippen LogP contribution in [0.4, 0.5) is 13.2 Å². The number of carbonyl (C=O) groups excluding carboxylic acids is 1. The molecule has 0 aromatic heterocycles. The molecule has 1 amide bonds. The van der Waals surface area contributed by atoms with Gasteiger partial charge >= 0.3 is 6.18 Å². The highest BCUT2D eigenvalue weighted by molar-refractivity contribution is 5.79. The minimum Gasteiger partial charge on any atom is -0.497 e. The fraction of sp³-hybridized carbons (Fsp3) is 0.533. The first-order valence-electron chi connectivity index (χ1n) is 6.92. The van der Waals surface area contributed by atoms with Gasteiger partial charge in [0.05, 0.1) is 13.2 Å². The van der Waals surface area contributed by atoms with Gasteiger partial charge in [0.1, 0.15) is 5.75 Å². The molecule has 2 rings (SSSR count). The molecule has 0 radical (unpaired) electrons. The third kappa shape index (κ3) is 3.35. The second-order valence-corrected chi connectivity index (χ2v) is 5.45. The van der Waals surface area contributed by atoms with E-state index in [9.17, 15) is 23.1 Å². The molecule has 0 spiro atoms. The van der Waals surface area contributed by atoms with Gasteiger partial charge in [-0.05, 0) is 24.6 Å². The first-order chi connectivity index (χ1) is 10.2. The van der Waals surface area contributed by atoms with Gasteiger partial charge in [-0.25, -0.2) is 0 Å². The molecule has 0 saturated carbocycles. The summed E-state index contributed by atoms with van der Waals surface area (Å²) in [6, 6.07) is 6.64. The molecular weight excluding hydrogens is 299 g/mol. The summed E-state index contributed by atoms with van der Waals surface area (Å²) < 4.78 is 42.7. The first-order valence-corrected chi connectivity index (χ1v) is 6.92. The third-order valence-electron chi connectivity index (χ3n) is 4.04. The number of rotatable bonds is 4. The number of halogens is 3. The zero-order valence-corrected chi connectivity index (χ0v) is 12.3. The molecule has 1 heterocycles. The van der Waals surface area contributed by atoms with E-state index in [-0.39, 0.29) is 24.9 Å². The summed E-state index contributed by atoms with van der Waals surface area (Å²) in [5, 5.41) is 9.32. The number of aliphatic hydroxyl groups is 1. The first kappa shape index (κ1) is 16.6. The molecule has 7 heteroatoms. The van der Waals surface area contributed by atoms with E-state index in [2.05, 4.69) is 0 Å². The number of alkyl halides is 3. The molecular formula is C15H18F3NO3. The van der Waals surface area contributed by atoms with Crippen molar-refractivity contribution >= 4 is 5.91 Å². The summed E-state index contributed by atoms with van der Waals surface area (Å²) in [5.41, 5.74) is 0.802. The van der Waals surface area contributed by atoms with Crippen LogP contribution in [0, 0.1) is 5.92 Å². The van der Waals surface area contributed by atoms with Crippen LogP contribution in [-0.4, -0.2) is 41.8 Å². The van der Waals surface area contributed by atoms with Gasteiger partial charge in [0, 0.05) is 18.9 Å². The highest BCUT2D eigenvalue weighted by Gasteiger charge is 2.48. The quantitative estimate of drug-likeness (QED) is 0.928. The number of methoxy groups -OCH3 is 1. The zero-order valence-electron chi connectivity index (χ0n) is 12.3. The number of amides is 1. The maximum atomic E-state index is 12.6. The van der Waals surface area contributed by atoms with E-state index in [4.69, 9.17) is 4.74 Å². The fourth-order valence-corrected chi connectivity index (χ4v) is 2.68. The molecule has 1 unspecified atom stereocenters. The number of nitrogens with zero attached hydrogens (tertiary/aromatic N) is 1. The number of hydrogen-bond acceptors (Lipinski definition) is 3. The number of benzene rings is 1. The second kappa shape index (κ2) is 6.16. The lowest BCUT2D eigenvalue weighted by Gasteiger charge is -2.26. The molecule has 1 aliphatic heterocycles. The Kier molecular flexibility index (Phi) is 4.65. The lowest BCUT2D eigenvalue weighted by Crippen LogP contribution is -2.37. The topological polar surface area (TPSA) is 49.8 Å². The molecule has 0 aliphatic carbocycles. The Labute approximate surface area is 126 Å². The Morgan fingerprint density at radius 3 is 2.41 bits per heavy atom. The van der Waals surface area contributed by atoms with Gasteiger partial charge in [-0.15, -0.1) is 0 Å². The van der Waals surface area contributed by atoms with E-state index >= 15 is 0 Å². The van der Waals surface area contributed by atoms with Crippen LogP contribution in [0.3, 0.4) is 0 Å². The molecule has 4 nitrogen and oxygen atoms in total. The van der Waals surface area contributed by atoms with Crippen LogP contribution in [-0.2, 0) is 4.79 Å². The Hall–Kier alpha value is -1.76. The van der Waals surface area contributed by atoms with Crippen molar-refractivity contribution in [3.05, 3.63) is 29.8 Å². The predicted molar refractivity (Wildman–Crippen MR) is 73.3 cm³/mol. The summed E-state index contributed by atoms with van der Waals surface area (Å²) in [6.07, 6.45) is -7.46. The molecule has 22 heavy (non-hydrogen) atoms. The molecule has 1 N–H and O–H groups in total. The van der Waals surface area contributed by atoms with Gasteiger partial charge in [0.25, 0.3) is 0 Å². The van der Waals surface area contributed by atoms with E-state index in [0.717, 1.165) is 5.56 Å². The highest BCUT2D eigenvalue weighted by atomic mass is 19.4. The van der Waals surface area contributed by atoms with E-state index in [1.165, 1.54) is 12.0 Å². The minimum absolute atomic E-state index is 0.104. The van der Waals surface area contributed by atoms with Gasteiger partial charge in [0.2, 0.25) is 5.91 Å². The highest BCUT2D eigenvalue weighted by Crippen LogP contribution is 2.35. The van der Waals surface area contributed by atoms with Crippen molar-refractivity contribution in [2.24, 2.45) is 5.92 Å². The van der Waals surface area contributed by atoms with Crippen molar-refractivity contribution in [3.63, 3.8) is 0 Å². The second-order valence-electron chi connectivity index (χ2n) is 5.45. The van der Waals surface area contributed by atoms with Crippen LogP contribution in [0.1, 0.15) is 24.9 Å². The van der Waals surface area contributed by atoms with Crippen molar-refractivity contribution in [3.8, 4) is 5.75 Å². The van der Waals surface area contributed by atoms with Crippen molar-refractivity contribution in [2.45, 2.75) is 31.7 Å². The number of ether oxygens (including phenoxy) is 1. The molecule has 1 aliphatic rings.